The molecule has 0 saturated carbocycles. The van der Waals surface area contributed by atoms with Gasteiger partial charge in [-0.25, -0.2) is 9.97 Å². The largest absolute Gasteiger partial charge is 0.396 e. The summed E-state index contributed by atoms with van der Waals surface area (Å²) in [5.41, 5.74) is 0. The molecule has 1 fully saturated rings. The Kier molecular flexibility index (Phi) is 4.66. The van der Waals surface area contributed by atoms with Crippen molar-refractivity contribution in [2.45, 2.75) is 18.5 Å². The van der Waals surface area contributed by atoms with Gasteiger partial charge in [0.05, 0.1) is 0 Å². The zero-order chi connectivity index (χ0) is 13.0. The van der Waals surface area contributed by atoms with E-state index in [2.05, 4.69) is 27.1 Å². The van der Waals surface area contributed by atoms with Crippen LogP contribution in [0.2, 0.25) is 0 Å². The molecule has 0 aromatic carbocycles. The van der Waals surface area contributed by atoms with E-state index in [1.165, 1.54) is 0 Å². The second kappa shape index (κ2) is 6.24. The van der Waals surface area contributed by atoms with Crippen LogP contribution in [-0.2, 0) is 0 Å². The third-order valence-corrected chi connectivity index (χ3v) is 3.65. The highest BCUT2D eigenvalue weighted by Crippen LogP contribution is 2.25. The van der Waals surface area contributed by atoms with Crippen molar-refractivity contribution in [1.29, 1.82) is 0 Å². The molecule has 0 spiro atoms. The number of aliphatic hydroxyl groups is 1. The predicted octanol–water partition coefficient (Wildman–Crippen LogP) is 1.45. The maximum atomic E-state index is 9.19. The zero-order valence-corrected chi connectivity index (χ0v) is 11.7. The molecule has 18 heavy (non-hydrogen) atoms. The molecular formula is C12H20N4OS. The quantitative estimate of drug-likeness (QED) is 0.622. The van der Waals surface area contributed by atoms with Gasteiger partial charge in [0.2, 0.25) is 0 Å². The highest BCUT2D eigenvalue weighted by atomic mass is 32.2. The second-order valence-corrected chi connectivity index (χ2v) is 5.19. The maximum Gasteiger partial charge on any atom is 0.191 e. The molecule has 0 amide bonds. The van der Waals surface area contributed by atoms with E-state index in [0.29, 0.717) is 5.92 Å². The molecule has 6 heteroatoms. The fraction of sp³-hybridized carbons (Fsp3) is 0.667. The number of nitrogens with zero attached hydrogens (tertiary/aromatic N) is 3. The van der Waals surface area contributed by atoms with E-state index < -0.39 is 0 Å². The standard InChI is InChI=1S/C12H20N4OS/c1-3-13-10-6-11(15-12(14-10)18-2)16-5-4-9(7-16)8-17/h6,9,17H,3-5,7-8H2,1-2H3,(H,13,14,15). The molecule has 1 saturated heterocycles. The van der Waals surface area contributed by atoms with Gasteiger partial charge in [0, 0.05) is 38.2 Å². The first-order valence-corrected chi connectivity index (χ1v) is 7.52. The van der Waals surface area contributed by atoms with Gasteiger partial charge in [-0.2, -0.15) is 0 Å². The minimum Gasteiger partial charge on any atom is -0.396 e. The van der Waals surface area contributed by atoms with Gasteiger partial charge in [-0.3, -0.25) is 0 Å². The molecule has 0 aliphatic carbocycles. The number of thioether (sulfide) groups is 1. The second-order valence-electron chi connectivity index (χ2n) is 4.41. The highest BCUT2D eigenvalue weighted by Gasteiger charge is 2.23. The van der Waals surface area contributed by atoms with Crippen molar-refractivity contribution in [3.8, 4) is 0 Å². The van der Waals surface area contributed by atoms with E-state index in [-0.39, 0.29) is 6.61 Å². The topological polar surface area (TPSA) is 61.3 Å². The third kappa shape index (κ3) is 3.05. The molecular weight excluding hydrogens is 248 g/mol. The first-order chi connectivity index (χ1) is 8.76. The number of rotatable bonds is 5. The molecule has 1 aliphatic heterocycles. The van der Waals surface area contributed by atoms with E-state index in [0.717, 1.165) is 42.8 Å². The van der Waals surface area contributed by atoms with Crippen LogP contribution in [0.5, 0.6) is 0 Å². The number of nitrogens with one attached hydrogen (secondary N) is 1. The number of aliphatic hydroxyl groups excluding tert-OH is 1. The van der Waals surface area contributed by atoms with Gasteiger partial charge in [-0.1, -0.05) is 11.8 Å². The van der Waals surface area contributed by atoms with Crippen molar-refractivity contribution in [3.63, 3.8) is 0 Å². The van der Waals surface area contributed by atoms with E-state index in [1.807, 2.05) is 12.3 Å². The van der Waals surface area contributed by atoms with Crippen LogP contribution >= 0.6 is 11.8 Å². The molecule has 2 heterocycles. The van der Waals surface area contributed by atoms with Crippen molar-refractivity contribution in [3.05, 3.63) is 6.07 Å². The first-order valence-electron chi connectivity index (χ1n) is 6.29. The number of aromatic nitrogens is 2. The highest BCUT2D eigenvalue weighted by molar-refractivity contribution is 7.98. The van der Waals surface area contributed by atoms with Gasteiger partial charge in [0.15, 0.2) is 5.16 Å². The normalized spacial score (nSPS) is 19.3. The smallest absolute Gasteiger partial charge is 0.191 e. The summed E-state index contributed by atoms with van der Waals surface area (Å²) in [5.74, 6) is 2.21. The molecule has 1 aliphatic rings. The van der Waals surface area contributed by atoms with Crippen molar-refractivity contribution < 1.29 is 5.11 Å². The molecule has 1 aromatic rings. The minimum absolute atomic E-state index is 0.261. The molecule has 2 N–H and O–H groups in total. The van der Waals surface area contributed by atoms with Crippen molar-refractivity contribution in [1.82, 2.24) is 9.97 Å². The predicted molar refractivity (Wildman–Crippen MR) is 75.4 cm³/mol. The Morgan fingerprint density at radius 3 is 3.00 bits per heavy atom. The molecule has 100 valence electrons. The summed E-state index contributed by atoms with van der Waals surface area (Å²) < 4.78 is 0. The Balaban J connectivity index is 2.18. The lowest BCUT2D eigenvalue weighted by Crippen LogP contribution is -2.22. The van der Waals surface area contributed by atoms with Crippen LogP contribution in [-0.4, -0.2) is 47.6 Å². The first kappa shape index (κ1) is 13.4. The lowest BCUT2D eigenvalue weighted by molar-refractivity contribution is 0.238. The Labute approximate surface area is 112 Å². The van der Waals surface area contributed by atoms with Gasteiger partial charge in [0.1, 0.15) is 11.6 Å². The number of anilines is 2. The molecule has 1 unspecified atom stereocenters. The fourth-order valence-corrected chi connectivity index (χ4v) is 2.50. The van der Waals surface area contributed by atoms with E-state index in [1.54, 1.807) is 11.8 Å². The summed E-state index contributed by atoms with van der Waals surface area (Å²) in [5, 5.41) is 13.2. The third-order valence-electron chi connectivity index (χ3n) is 3.10. The van der Waals surface area contributed by atoms with Crippen molar-refractivity contribution in [2.75, 3.05) is 42.7 Å². The molecule has 1 aromatic heterocycles. The summed E-state index contributed by atoms with van der Waals surface area (Å²) in [6.07, 6.45) is 3.01. The number of hydrogen-bond acceptors (Lipinski definition) is 6. The SMILES string of the molecule is CCNc1cc(N2CCC(CO)C2)nc(SC)n1. The average molecular weight is 268 g/mol. The Hall–Kier alpha value is -1.01. The molecule has 1 atom stereocenters. The molecule has 5 nitrogen and oxygen atoms in total. The van der Waals surface area contributed by atoms with Crippen LogP contribution < -0.4 is 10.2 Å². The summed E-state index contributed by atoms with van der Waals surface area (Å²) in [7, 11) is 0. The van der Waals surface area contributed by atoms with Gasteiger partial charge >= 0.3 is 0 Å². The number of hydrogen-bond donors (Lipinski definition) is 2. The molecule has 2 rings (SSSR count). The van der Waals surface area contributed by atoms with E-state index in [4.69, 9.17) is 0 Å². The molecule has 0 radical (unpaired) electrons. The van der Waals surface area contributed by atoms with Gasteiger partial charge in [0.25, 0.3) is 0 Å². The van der Waals surface area contributed by atoms with Gasteiger partial charge < -0.3 is 15.3 Å². The van der Waals surface area contributed by atoms with Crippen LogP contribution in [0, 0.1) is 5.92 Å². The minimum atomic E-state index is 0.261. The zero-order valence-electron chi connectivity index (χ0n) is 10.9. The lowest BCUT2D eigenvalue weighted by Gasteiger charge is -2.18. The monoisotopic (exact) mass is 268 g/mol. The summed E-state index contributed by atoms with van der Waals surface area (Å²) in [4.78, 5) is 11.2. The van der Waals surface area contributed by atoms with E-state index in [9.17, 15) is 5.11 Å². The van der Waals surface area contributed by atoms with Crippen LogP contribution in [0.4, 0.5) is 11.6 Å². The Bertz CT molecular complexity index is 402. The lowest BCUT2D eigenvalue weighted by atomic mass is 10.1. The van der Waals surface area contributed by atoms with Crippen molar-refractivity contribution in [2.24, 2.45) is 5.92 Å². The Morgan fingerprint density at radius 2 is 2.39 bits per heavy atom. The summed E-state index contributed by atoms with van der Waals surface area (Å²) >= 11 is 1.55. The summed E-state index contributed by atoms with van der Waals surface area (Å²) in [6.45, 7) is 5.01. The maximum absolute atomic E-state index is 9.19. The average Bonchev–Trinajstić information content (AvgIpc) is 2.87. The van der Waals surface area contributed by atoms with Gasteiger partial charge in [-0.15, -0.1) is 0 Å². The van der Waals surface area contributed by atoms with Crippen LogP contribution in [0.25, 0.3) is 0 Å². The summed E-state index contributed by atoms with van der Waals surface area (Å²) in [6, 6.07) is 1.99. The van der Waals surface area contributed by atoms with Crippen LogP contribution in [0.3, 0.4) is 0 Å². The van der Waals surface area contributed by atoms with Crippen LogP contribution in [0.15, 0.2) is 11.2 Å². The fourth-order valence-electron chi connectivity index (χ4n) is 2.13. The Morgan fingerprint density at radius 1 is 1.56 bits per heavy atom. The van der Waals surface area contributed by atoms with Crippen molar-refractivity contribution >= 4 is 23.4 Å². The van der Waals surface area contributed by atoms with Crippen LogP contribution in [0.1, 0.15) is 13.3 Å². The van der Waals surface area contributed by atoms with E-state index >= 15 is 0 Å². The van der Waals surface area contributed by atoms with Gasteiger partial charge in [-0.05, 0) is 19.6 Å². The molecule has 0 bridgehead atoms.